The fourth-order valence-corrected chi connectivity index (χ4v) is 1.77. The van der Waals surface area contributed by atoms with Gasteiger partial charge in [-0.1, -0.05) is 27.7 Å². The van der Waals surface area contributed by atoms with Crippen LogP contribution in [0.15, 0.2) is 0 Å². The molecule has 1 aliphatic heterocycles. The third-order valence-corrected chi connectivity index (χ3v) is 2.67. The molecule has 13 heavy (non-hydrogen) atoms. The summed E-state index contributed by atoms with van der Waals surface area (Å²) in [5, 5.41) is 3.41. The van der Waals surface area contributed by atoms with Gasteiger partial charge >= 0.3 is 0 Å². The molecule has 0 aromatic rings. The summed E-state index contributed by atoms with van der Waals surface area (Å²) in [6, 6.07) is 0. The summed E-state index contributed by atoms with van der Waals surface area (Å²) < 4.78 is 5.92. The fourth-order valence-electron chi connectivity index (χ4n) is 1.77. The van der Waals surface area contributed by atoms with Crippen molar-refractivity contribution >= 4 is 0 Å². The Hall–Kier alpha value is -0.0800. The highest BCUT2D eigenvalue weighted by molar-refractivity contribution is 4.86. The number of nitrogens with one attached hydrogen (secondary N) is 1. The van der Waals surface area contributed by atoms with Crippen molar-refractivity contribution in [2.45, 2.75) is 40.2 Å². The van der Waals surface area contributed by atoms with Crippen molar-refractivity contribution in [2.24, 2.45) is 11.3 Å². The minimum Gasteiger partial charge on any atom is -0.377 e. The van der Waals surface area contributed by atoms with Gasteiger partial charge in [-0.2, -0.15) is 0 Å². The maximum absolute atomic E-state index is 5.92. The van der Waals surface area contributed by atoms with Crippen molar-refractivity contribution in [1.29, 1.82) is 0 Å². The summed E-state index contributed by atoms with van der Waals surface area (Å²) in [5.74, 6) is 0.644. The molecule has 1 rings (SSSR count). The van der Waals surface area contributed by atoms with Crippen LogP contribution >= 0.6 is 0 Å². The molecule has 1 atom stereocenters. The maximum atomic E-state index is 5.92. The van der Waals surface area contributed by atoms with E-state index < -0.39 is 0 Å². The van der Waals surface area contributed by atoms with Crippen molar-refractivity contribution < 1.29 is 4.74 Å². The molecule has 1 aliphatic rings. The highest BCUT2D eigenvalue weighted by Gasteiger charge is 2.32. The average molecular weight is 185 g/mol. The Morgan fingerprint density at radius 3 is 2.69 bits per heavy atom. The SMILES string of the molecule is CC(C)COC1CCNCC1(C)C. The van der Waals surface area contributed by atoms with E-state index in [1.807, 2.05) is 0 Å². The number of piperidine rings is 1. The Morgan fingerprint density at radius 2 is 2.15 bits per heavy atom. The van der Waals surface area contributed by atoms with Gasteiger partial charge in [0.25, 0.3) is 0 Å². The molecule has 0 aromatic carbocycles. The molecular formula is C11H23NO. The van der Waals surface area contributed by atoms with Crippen LogP contribution in [0.4, 0.5) is 0 Å². The lowest BCUT2D eigenvalue weighted by molar-refractivity contribution is -0.0522. The normalized spacial score (nSPS) is 27.9. The Balaban J connectivity index is 2.37. The third kappa shape index (κ3) is 3.28. The molecule has 78 valence electrons. The summed E-state index contributed by atoms with van der Waals surface area (Å²) in [6.07, 6.45) is 1.59. The summed E-state index contributed by atoms with van der Waals surface area (Å²) in [4.78, 5) is 0. The Kier molecular flexibility index (Phi) is 3.74. The predicted octanol–water partition coefficient (Wildman–Crippen LogP) is 2.05. The van der Waals surface area contributed by atoms with Gasteiger partial charge in [0.15, 0.2) is 0 Å². The summed E-state index contributed by atoms with van der Waals surface area (Å²) in [6.45, 7) is 12.0. The predicted molar refractivity (Wildman–Crippen MR) is 55.8 cm³/mol. The third-order valence-electron chi connectivity index (χ3n) is 2.67. The van der Waals surface area contributed by atoms with E-state index in [2.05, 4.69) is 33.0 Å². The summed E-state index contributed by atoms with van der Waals surface area (Å²) in [5.41, 5.74) is 0.299. The lowest BCUT2D eigenvalue weighted by Gasteiger charge is -2.39. The highest BCUT2D eigenvalue weighted by atomic mass is 16.5. The van der Waals surface area contributed by atoms with Crippen LogP contribution in [0, 0.1) is 11.3 Å². The molecule has 1 heterocycles. The fraction of sp³-hybridized carbons (Fsp3) is 1.00. The zero-order valence-electron chi connectivity index (χ0n) is 9.39. The second-order valence-electron chi connectivity index (χ2n) is 5.17. The first-order valence-corrected chi connectivity index (χ1v) is 5.34. The largest absolute Gasteiger partial charge is 0.377 e. The standard InChI is InChI=1S/C11H23NO/c1-9(2)7-13-10-5-6-12-8-11(10,3)4/h9-10,12H,5-8H2,1-4H3. The smallest absolute Gasteiger partial charge is 0.0650 e. The highest BCUT2D eigenvalue weighted by Crippen LogP contribution is 2.28. The van der Waals surface area contributed by atoms with E-state index in [4.69, 9.17) is 4.74 Å². The van der Waals surface area contributed by atoms with Crippen molar-refractivity contribution in [3.8, 4) is 0 Å². The van der Waals surface area contributed by atoms with E-state index in [0.717, 1.165) is 26.1 Å². The van der Waals surface area contributed by atoms with Gasteiger partial charge in [-0.3, -0.25) is 0 Å². The van der Waals surface area contributed by atoms with E-state index in [1.54, 1.807) is 0 Å². The lowest BCUT2D eigenvalue weighted by Crippen LogP contribution is -2.47. The van der Waals surface area contributed by atoms with E-state index >= 15 is 0 Å². The zero-order valence-corrected chi connectivity index (χ0v) is 9.39. The molecule has 1 saturated heterocycles. The molecule has 0 radical (unpaired) electrons. The Bertz CT molecular complexity index is 154. The number of hydrogen-bond acceptors (Lipinski definition) is 2. The lowest BCUT2D eigenvalue weighted by atomic mass is 9.82. The molecule has 0 aliphatic carbocycles. The molecule has 2 heteroatoms. The zero-order chi connectivity index (χ0) is 9.90. The van der Waals surface area contributed by atoms with Crippen LogP contribution in [0.1, 0.15) is 34.1 Å². The van der Waals surface area contributed by atoms with Crippen LogP contribution in [-0.4, -0.2) is 25.8 Å². The topological polar surface area (TPSA) is 21.3 Å². The number of hydrogen-bond donors (Lipinski definition) is 1. The average Bonchev–Trinajstić information content (AvgIpc) is 2.01. The monoisotopic (exact) mass is 185 g/mol. The first-order valence-electron chi connectivity index (χ1n) is 5.34. The van der Waals surface area contributed by atoms with Gasteiger partial charge in [-0.05, 0) is 18.9 Å². The molecule has 0 amide bonds. The Labute approximate surface area is 82.0 Å². The van der Waals surface area contributed by atoms with E-state index in [0.29, 0.717) is 17.4 Å². The van der Waals surface area contributed by atoms with Crippen LogP contribution in [0.25, 0.3) is 0 Å². The molecule has 1 fully saturated rings. The molecule has 0 bridgehead atoms. The van der Waals surface area contributed by atoms with Crippen molar-refractivity contribution in [3.63, 3.8) is 0 Å². The van der Waals surface area contributed by atoms with Crippen LogP contribution in [0.5, 0.6) is 0 Å². The molecule has 0 saturated carbocycles. The van der Waals surface area contributed by atoms with Crippen LogP contribution < -0.4 is 5.32 Å². The molecular weight excluding hydrogens is 162 g/mol. The molecule has 1 unspecified atom stereocenters. The Morgan fingerprint density at radius 1 is 1.46 bits per heavy atom. The van der Waals surface area contributed by atoms with Gasteiger partial charge in [-0.15, -0.1) is 0 Å². The van der Waals surface area contributed by atoms with Gasteiger partial charge in [0, 0.05) is 18.6 Å². The van der Waals surface area contributed by atoms with Crippen molar-refractivity contribution in [2.75, 3.05) is 19.7 Å². The maximum Gasteiger partial charge on any atom is 0.0650 e. The van der Waals surface area contributed by atoms with E-state index in [9.17, 15) is 0 Å². The first-order chi connectivity index (χ1) is 6.02. The second kappa shape index (κ2) is 4.43. The number of ether oxygens (including phenoxy) is 1. The minimum atomic E-state index is 0.299. The minimum absolute atomic E-state index is 0.299. The van der Waals surface area contributed by atoms with Crippen LogP contribution in [0.2, 0.25) is 0 Å². The quantitative estimate of drug-likeness (QED) is 0.726. The van der Waals surface area contributed by atoms with Gasteiger partial charge in [0.05, 0.1) is 6.10 Å². The van der Waals surface area contributed by atoms with Crippen LogP contribution in [-0.2, 0) is 4.74 Å². The van der Waals surface area contributed by atoms with E-state index in [-0.39, 0.29) is 0 Å². The van der Waals surface area contributed by atoms with Crippen molar-refractivity contribution in [3.05, 3.63) is 0 Å². The molecule has 2 nitrogen and oxygen atoms in total. The van der Waals surface area contributed by atoms with Gasteiger partial charge < -0.3 is 10.1 Å². The number of rotatable bonds is 3. The molecule has 1 N–H and O–H groups in total. The van der Waals surface area contributed by atoms with Gasteiger partial charge in [-0.25, -0.2) is 0 Å². The first kappa shape index (κ1) is 11.0. The summed E-state index contributed by atoms with van der Waals surface area (Å²) >= 11 is 0. The van der Waals surface area contributed by atoms with Gasteiger partial charge in [0.1, 0.15) is 0 Å². The second-order valence-corrected chi connectivity index (χ2v) is 5.17. The summed E-state index contributed by atoms with van der Waals surface area (Å²) in [7, 11) is 0. The molecule has 0 spiro atoms. The van der Waals surface area contributed by atoms with E-state index in [1.165, 1.54) is 0 Å². The molecule has 0 aromatic heterocycles. The van der Waals surface area contributed by atoms with Crippen molar-refractivity contribution in [1.82, 2.24) is 5.32 Å². The van der Waals surface area contributed by atoms with Gasteiger partial charge in [0.2, 0.25) is 0 Å². The van der Waals surface area contributed by atoms with Crippen LogP contribution in [0.3, 0.4) is 0 Å².